The van der Waals surface area contributed by atoms with E-state index in [0.717, 1.165) is 5.56 Å². The summed E-state index contributed by atoms with van der Waals surface area (Å²) < 4.78 is 11.8. The van der Waals surface area contributed by atoms with E-state index in [-0.39, 0.29) is 11.6 Å². The van der Waals surface area contributed by atoms with Gasteiger partial charge in [0.25, 0.3) is 5.56 Å². The third kappa shape index (κ3) is 2.90. The zero-order valence-corrected chi connectivity index (χ0v) is 12.6. The van der Waals surface area contributed by atoms with Crippen molar-refractivity contribution in [2.75, 3.05) is 14.2 Å². The van der Waals surface area contributed by atoms with E-state index >= 15 is 0 Å². The van der Waals surface area contributed by atoms with Crippen LogP contribution in [0.3, 0.4) is 0 Å². The van der Waals surface area contributed by atoms with Crippen molar-refractivity contribution >= 4 is 0 Å². The molecule has 6 heteroatoms. The second-order valence-corrected chi connectivity index (χ2v) is 4.77. The van der Waals surface area contributed by atoms with Gasteiger partial charge in [-0.05, 0) is 25.1 Å². The molecule has 0 aliphatic heterocycles. The Hall–Kier alpha value is -2.34. The number of methoxy groups -OCH3 is 2. The van der Waals surface area contributed by atoms with Gasteiger partial charge in [-0.15, -0.1) is 0 Å². The van der Waals surface area contributed by atoms with E-state index in [9.17, 15) is 4.79 Å². The summed E-state index contributed by atoms with van der Waals surface area (Å²) in [5.74, 6) is 1.31. The minimum absolute atomic E-state index is 0.193. The first kappa shape index (κ1) is 15.1. The molecule has 21 heavy (non-hydrogen) atoms. The van der Waals surface area contributed by atoms with Crippen molar-refractivity contribution < 1.29 is 9.47 Å². The fraction of sp³-hybridized carbons (Fsp3) is 0.333. The Balaban J connectivity index is 2.64. The number of nitrogens with two attached hydrogens (primary N) is 1. The zero-order valence-electron chi connectivity index (χ0n) is 12.6. The predicted molar refractivity (Wildman–Crippen MR) is 80.6 cm³/mol. The highest BCUT2D eigenvalue weighted by Crippen LogP contribution is 2.32. The van der Waals surface area contributed by atoms with E-state index < -0.39 is 0 Å². The number of nitrogens with zero attached hydrogens (tertiary/aromatic N) is 2. The number of aromatic nitrogens is 2. The molecule has 0 bridgehead atoms. The van der Waals surface area contributed by atoms with Crippen molar-refractivity contribution in [3.8, 4) is 22.8 Å². The normalized spacial score (nSPS) is 12.0. The molecule has 1 heterocycles. The van der Waals surface area contributed by atoms with Crippen LogP contribution >= 0.6 is 0 Å². The maximum Gasteiger partial charge on any atom is 0.271 e. The molecule has 0 aliphatic rings. The van der Waals surface area contributed by atoms with Crippen molar-refractivity contribution in [1.29, 1.82) is 0 Å². The fourth-order valence-electron chi connectivity index (χ4n) is 2.10. The van der Waals surface area contributed by atoms with Crippen LogP contribution in [0, 0.1) is 0 Å². The number of hydrogen-bond donors (Lipinski definition) is 1. The molecule has 6 nitrogen and oxygen atoms in total. The van der Waals surface area contributed by atoms with E-state index in [0.29, 0.717) is 22.8 Å². The first-order valence-corrected chi connectivity index (χ1v) is 6.54. The maximum atomic E-state index is 12.0. The predicted octanol–water partition coefficient (Wildman–Crippen LogP) is 1.48. The Morgan fingerprint density at radius 2 is 1.95 bits per heavy atom. The summed E-state index contributed by atoms with van der Waals surface area (Å²) in [7, 11) is 4.77. The smallest absolute Gasteiger partial charge is 0.271 e. The molecule has 0 spiro atoms. The molecule has 112 valence electrons. The molecule has 1 aromatic carbocycles. The highest BCUT2D eigenvalue weighted by Gasteiger charge is 2.14. The van der Waals surface area contributed by atoms with Gasteiger partial charge in [0.15, 0.2) is 0 Å². The molecule has 2 N–H and O–H groups in total. The van der Waals surface area contributed by atoms with Crippen LogP contribution in [0.5, 0.6) is 11.5 Å². The minimum atomic E-state index is -0.366. The van der Waals surface area contributed by atoms with E-state index in [2.05, 4.69) is 5.10 Å². The fourth-order valence-corrected chi connectivity index (χ4v) is 2.10. The lowest BCUT2D eigenvalue weighted by atomic mass is 10.1. The molecule has 1 unspecified atom stereocenters. The molecule has 2 rings (SSSR count). The van der Waals surface area contributed by atoms with Crippen molar-refractivity contribution in [1.82, 2.24) is 9.78 Å². The number of rotatable bonds is 4. The van der Waals surface area contributed by atoms with E-state index in [1.807, 2.05) is 12.1 Å². The molecule has 0 amide bonds. The highest BCUT2D eigenvalue weighted by molar-refractivity contribution is 5.68. The molecule has 0 aliphatic carbocycles. The van der Waals surface area contributed by atoms with Gasteiger partial charge < -0.3 is 15.2 Å². The summed E-state index contributed by atoms with van der Waals surface area (Å²) in [4.78, 5) is 12.0. The van der Waals surface area contributed by atoms with Crippen LogP contribution < -0.4 is 20.8 Å². The standard InChI is InChI=1S/C15H19N3O3/c1-9(16)12-8-13(17-18(2)15(12)19)11-6-5-10(20-3)7-14(11)21-4/h5-9H,16H2,1-4H3. The number of benzene rings is 1. The van der Waals surface area contributed by atoms with Gasteiger partial charge >= 0.3 is 0 Å². The van der Waals surface area contributed by atoms with E-state index in [4.69, 9.17) is 15.2 Å². The Labute approximate surface area is 123 Å². The van der Waals surface area contributed by atoms with Gasteiger partial charge in [-0.25, -0.2) is 4.68 Å². The lowest BCUT2D eigenvalue weighted by molar-refractivity contribution is 0.395. The summed E-state index contributed by atoms with van der Waals surface area (Å²) in [5.41, 5.74) is 7.58. The maximum absolute atomic E-state index is 12.0. The molecule has 2 aromatic rings. The van der Waals surface area contributed by atoms with E-state index in [1.54, 1.807) is 40.3 Å². The Kier molecular flexibility index (Phi) is 4.28. The summed E-state index contributed by atoms with van der Waals surface area (Å²) in [6.07, 6.45) is 0. The molecule has 0 saturated carbocycles. The minimum Gasteiger partial charge on any atom is -0.497 e. The largest absolute Gasteiger partial charge is 0.497 e. The quantitative estimate of drug-likeness (QED) is 0.922. The third-order valence-corrected chi connectivity index (χ3v) is 3.27. The molecule has 0 radical (unpaired) electrons. The Bertz CT molecular complexity index is 708. The van der Waals surface area contributed by atoms with Gasteiger partial charge in [0.05, 0.1) is 19.9 Å². The lowest BCUT2D eigenvalue weighted by Crippen LogP contribution is -2.27. The van der Waals surface area contributed by atoms with Gasteiger partial charge in [0.1, 0.15) is 11.5 Å². The summed E-state index contributed by atoms with van der Waals surface area (Å²) in [6, 6.07) is 6.77. The second kappa shape index (κ2) is 5.97. The van der Waals surface area contributed by atoms with E-state index in [1.165, 1.54) is 4.68 Å². The Morgan fingerprint density at radius 3 is 2.52 bits per heavy atom. The van der Waals surface area contributed by atoms with Gasteiger partial charge in [0.2, 0.25) is 0 Å². The topological polar surface area (TPSA) is 79.4 Å². The molecular weight excluding hydrogens is 270 g/mol. The molecule has 1 atom stereocenters. The molecule has 1 aromatic heterocycles. The van der Waals surface area contributed by atoms with Crippen LogP contribution in [-0.4, -0.2) is 24.0 Å². The van der Waals surface area contributed by atoms with Crippen molar-refractivity contribution in [2.45, 2.75) is 13.0 Å². The van der Waals surface area contributed by atoms with Crippen molar-refractivity contribution in [3.63, 3.8) is 0 Å². The monoisotopic (exact) mass is 289 g/mol. The molecule has 0 saturated heterocycles. The number of aryl methyl sites for hydroxylation is 1. The number of hydrogen-bond acceptors (Lipinski definition) is 5. The zero-order chi connectivity index (χ0) is 15.6. The summed E-state index contributed by atoms with van der Waals surface area (Å²) in [6.45, 7) is 1.77. The SMILES string of the molecule is COc1ccc(-c2cc(C(C)N)c(=O)n(C)n2)c(OC)c1. The second-order valence-electron chi connectivity index (χ2n) is 4.77. The summed E-state index contributed by atoms with van der Waals surface area (Å²) >= 11 is 0. The average Bonchev–Trinajstić information content (AvgIpc) is 2.48. The average molecular weight is 289 g/mol. The summed E-state index contributed by atoms with van der Waals surface area (Å²) in [5, 5.41) is 4.28. The van der Waals surface area contributed by atoms with Crippen molar-refractivity contribution in [3.05, 3.63) is 40.2 Å². The van der Waals surface area contributed by atoms with Crippen LogP contribution in [-0.2, 0) is 7.05 Å². The first-order valence-electron chi connectivity index (χ1n) is 6.54. The molecular formula is C15H19N3O3. The van der Waals surface area contributed by atoms with Gasteiger partial charge in [-0.3, -0.25) is 4.79 Å². The Morgan fingerprint density at radius 1 is 1.24 bits per heavy atom. The third-order valence-electron chi connectivity index (χ3n) is 3.27. The van der Waals surface area contributed by atoms with Gasteiger partial charge in [-0.1, -0.05) is 0 Å². The van der Waals surface area contributed by atoms with Crippen LogP contribution in [0.4, 0.5) is 0 Å². The van der Waals surface area contributed by atoms with Gasteiger partial charge in [-0.2, -0.15) is 5.10 Å². The van der Waals surface area contributed by atoms with Crippen molar-refractivity contribution in [2.24, 2.45) is 12.8 Å². The lowest BCUT2D eigenvalue weighted by Gasteiger charge is -2.13. The van der Waals surface area contributed by atoms with Gasteiger partial charge in [0, 0.05) is 30.3 Å². The van der Waals surface area contributed by atoms with Crippen LogP contribution in [0.1, 0.15) is 18.5 Å². The van der Waals surface area contributed by atoms with Crippen LogP contribution in [0.15, 0.2) is 29.1 Å². The van der Waals surface area contributed by atoms with Crippen LogP contribution in [0.25, 0.3) is 11.3 Å². The molecule has 0 fully saturated rings. The number of ether oxygens (including phenoxy) is 2. The highest BCUT2D eigenvalue weighted by atomic mass is 16.5. The first-order chi connectivity index (χ1) is 9.97. The van der Waals surface area contributed by atoms with Crippen LogP contribution in [0.2, 0.25) is 0 Å².